The summed E-state index contributed by atoms with van der Waals surface area (Å²) in [5.41, 5.74) is 1.43. The van der Waals surface area contributed by atoms with Gasteiger partial charge >= 0.3 is 5.97 Å². The summed E-state index contributed by atoms with van der Waals surface area (Å²) in [4.78, 5) is 25.2. The molecule has 0 saturated heterocycles. The van der Waals surface area contributed by atoms with Gasteiger partial charge in [-0.2, -0.15) is 0 Å². The number of nitrogens with one attached hydrogen (secondary N) is 1. The van der Waals surface area contributed by atoms with Crippen molar-refractivity contribution < 1.29 is 14.3 Å². The highest BCUT2D eigenvalue weighted by Gasteiger charge is 2.16. The Morgan fingerprint density at radius 1 is 0.643 bits per heavy atom. The van der Waals surface area contributed by atoms with Crippen LogP contribution in [0.5, 0.6) is 5.75 Å². The molecule has 0 spiro atoms. The molecule has 28 heavy (non-hydrogen) atoms. The molecule has 136 valence electrons. The molecule has 0 aliphatic rings. The smallest absolute Gasteiger partial charge is 0.343 e. The topological polar surface area (TPSA) is 55.4 Å². The second-order valence-corrected chi connectivity index (χ2v) is 6.24. The van der Waals surface area contributed by atoms with E-state index in [9.17, 15) is 9.59 Å². The van der Waals surface area contributed by atoms with Crippen molar-refractivity contribution in [3.8, 4) is 5.75 Å². The number of hydrogen-bond acceptors (Lipinski definition) is 3. The van der Waals surface area contributed by atoms with Crippen molar-refractivity contribution in [2.75, 3.05) is 5.32 Å². The molecule has 0 bridgehead atoms. The van der Waals surface area contributed by atoms with E-state index >= 15 is 0 Å². The fraction of sp³-hybridized carbons (Fsp3) is 0. The molecule has 0 aliphatic heterocycles. The molecule has 0 aliphatic carbocycles. The normalized spacial score (nSPS) is 10.4. The number of fused-ring (bicyclic) bond motifs is 1. The number of rotatable bonds is 4. The van der Waals surface area contributed by atoms with Crippen LogP contribution in [0, 0.1) is 0 Å². The van der Waals surface area contributed by atoms with Crippen molar-refractivity contribution in [1.29, 1.82) is 0 Å². The van der Waals surface area contributed by atoms with Crippen LogP contribution in [0.25, 0.3) is 10.8 Å². The zero-order valence-electron chi connectivity index (χ0n) is 15.0. The predicted octanol–water partition coefficient (Wildman–Crippen LogP) is 5.31. The van der Waals surface area contributed by atoms with E-state index < -0.39 is 5.97 Å². The number of anilines is 1. The van der Waals surface area contributed by atoms with Gasteiger partial charge in [0.25, 0.3) is 5.91 Å². The summed E-state index contributed by atoms with van der Waals surface area (Å²) in [6.45, 7) is 0. The van der Waals surface area contributed by atoms with Crippen molar-refractivity contribution in [3.63, 3.8) is 0 Å². The second kappa shape index (κ2) is 7.76. The Bertz CT molecular complexity index is 1140. The van der Waals surface area contributed by atoms with Crippen molar-refractivity contribution in [1.82, 2.24) is 0 Å². The van der Waals surface area contributed by atoms with E-state index in [1.165, 1.54) is 0 Å². The lowest BCUT2D eigenvalue weighted by Gasteiger charge is -2.14. The third kappa shape index (κ3) is 3.62. The Morgan fingerprint density at radius 3 is 1.96 bits per heavy atom. The first-order chi connectivity index (χ1) is 13.7. The number of carbonyl (C=O) groups excluding carboxylic acids is 2. The maximum atomic E-state index is 12.7. The SMILES string of the molecule is O=C(Nc1c(OC(=O)c2ccccc2)ccc2ccccc12)c1ccccc1. The van der Waals surface area contributed by atoms with Crippen LogP contribution in [-0.2, 0) is 0 Å². The molecule has 0 heterocycles. The van der Waals surface area contributed by atoms with Gasteiger partial charge in [-0.15, -0.1) is 0 Å². The molecule has 0 atom stereocenters. The Hall–Kier alpha value is -3.92. The average Bonchev–Trinajstić information content (AvgIpc) is 2.76. The highest BCUT2D eigenvalue weighted by atomic mass is 16.5. The highest BCUT2D eigenvalue weighted by molar-refractivity contribution is 6.11. The van der Waals surface area contributed by atoms with Gasteiger partial charge in [-0.1, -0.05) is 66.7 Å². The maximum Gasteiger partial charge on any atom is 0.343 e. The second-order valence-electron chi connectivity index (χ2n) is 6.24. The van der Waals surface area contributed by atoms with Gasteiger partial charge in [0.05, 0.1) is 11.3 Å². The lowest BCUT2D eigenvalue weighted by Crippen LogP contribution is -2.15. The van der Waals surface area contributed by atoms with Crippen LogP contribution in [0.3, 0.4) is 0 Å². The first-order valence-corrected chi connectivity index (χ1v) is 8.88. The first kappa shape index (κ1) is 17.5. The van der Waals surface area contributed by atoms with Crippen LogP contribution < -0.4 is 10.1 Å². The predicted molar refractivity (Wildman–Crippen MR) is 110 cm³/mol. The fourth-order valence-electron chi connectivity index (χ4n) is 2.97. The fourth-order valence-corrected chi connectivity index (χ4v) is 2.97. The van der Waals surface area contributed by atoms with E-state index in [0.717, 1.165) is 10.8 Å². The quantitative estimate of drug-likeness (QED) is 0.393. The zero-order valence-corrected chi connectivity index (χ0v) is 15.0. The minimum atomic E-state index is -0.480. The average molecular weight is 367 g/mol. The Morgan fingerprint density at radius 2 is 1.25 bits per heavy atom. The lowest BCUT2D eigenvalue weighted by molar-refractivity contribution is 0.0735. The molecule has 4 aromatic rings. The Balaban J connectivity index is 1.73. The van der Waals surface area contributed by atoms with Gasteiger partial charge < -0.3 is 10.1 Å². The minimum Gasteiger partial charge on any atom is -0.421 e. The zero-order chi connectivity index (χ0) is 19.3. The van der Waals surface area contributed by atoms with Gasteiger partial charge in [0, 0.05) is 10.9 Å². The van der Waals surface area contributed by atoms with E-state index in [0.29, 0.717) is 22.6 Å². The molecule has 0 radical (unpaired) electrons. The van der Waals surface area contributed by atoms with Crippen LogP contribution in [0.4, 0.5) is 5.69 Å². The number of amides is 1. The van der Waals surface area contributed by atoms with Crippen LogP contribution >= 0.6 is 0 Å². The minimum absolute atomic E-state index is 0.269. The molecular formula is C24H17NO3. The summed E-state index contributed by atoms with van der Waals surface area (Å²) < 4.78 is 5.62. The van der Waals surface area contributed by atoms with E-state index in [1.807, 2.05) is 42.5 Å². The molecule has 0 unspecified atom stereocenters. The molecule has 0 saturated carbocycles. The molecule has 4 aromatic carbocycles. The van der Waals surface area contributed by atoms with Crippen molar-refractivity contribution in [2.45, 2.75) is 0 Å². The molecule has 4 rings (SSSR count). The standard InChI is InChI=1S/C24H17NO3/c26-23(18-10-3-1-4-11-18)25-22-20-14-8-7-9-17(20)15-16-21(22)28-24(27)19-12-5-2-6-13-19/h1-16H,(H,25,26). The number of carbonyl (C=O) groups is 2. The summed E-state index contributed by atoms with van der Waals surface area (Å²) >= 11 is 0. The van der Waals surface area contributed by atoms with Crippen molar-refractivity contribution in [3.05, 3.63) is 108 Å². The van der Waals surface area contributed by atoms with Gasteiger partial charge in [0.1, 0.15) is 0 Å². The molecule has 4 nitrogen and oxygen atoms in total. The Labute approximate surface area is 162 Å². The molecule has 1 N–H and O–H groups in total. The summed E-state index contributed by atoms with van der Waals surface area (Å²) in [6, 6.07) is 28.8. The third-order valence-electron chi connectivity index (χ3n) is 4.38. The van der Waals surface area contributed by atoms with Crippen molar-refractivity contribution in [2.24, 2.45) is 0 Å². The van der Waals surface area contributed by atoms with E-state index in [1.54, 1.807) is 54.6 Å². The monoisotopic (exact) mass is 367 g/mol. The van der Waals surface area contributed by atoms with Crippen LogP contribution in [0.1, 0.15) is 20.7 Å². The van der Waals surface area contributed by atoms with Gasteiger partial charge in [-0.3, -0.25) is 4.79 Å². The first-order valence-electron chi connectivity index (χ1n) is 8.88. The van der Waals surface area contributed by atoms with Crippen LogP contribution in [-0.4, -0.2) is 11.9 Å². The van der Waals surface area contributed by atoms with Gasteiger partial charge in [-0.05, 0) is 35.7 Å². The summed E-state index contributed by atoms with van der Waals surface area (Å²) in [5, 5.41) is 4.64. The number of benzene rings is 4. The van der Waals surface area contributed by atoms with Crippen LogP contribution in [0.2, 0.25) is 0 Å². The number of ether oxygens (including phenoxy) is 1. The third-order valence-corrected chi connectivity index (χ3v) is 4.38. The van der Waals surface area contributed by atoms with E-state index in [-0.39, 0.29) is 5.91 Å². The molecule has 1 amide bonds. The van der Waals surface area contributed by atoms with Gasteiger partial charge in [0.2, 0.25) is 0 Å². The Kier molecular flexibility index (Phi) is 4.85. The van der Waals surface area contributed by atoms with E-state index in [4.69, 9.17) is 4.74 Å². The largest absolute Gasteiger partial charge is 0.421 e. The lowest BCUT2D eigenvalue weighted by atomic mass is 10.1. The van der Waals surface area contributed by atoms with Gasteiger partial charge in [0.15, 0.2) is 5.75 Å². The van der Waals surface area contributed by atoms with Gasteiger partial charge in [-0.25, -0.2) is 4.79 Å². The summed E-state index contributed by atoms with van der Waals surface area (Å²) in [7, 11) is 0. The van der Waals surface area contributed by atoms with Crippen LogP contribution in [0.15, 0.2) is 97.1 Å². The van der Waals surface area contributed by atoms with Crippen molar-refractivity contribution >= 4 is 28.3 Å². The van der Waals surface area contributed by atoms with E-state index in [2.05, 4.69) is 5.32 Å². The maximum absolute atomic E-state index is 12.7. The molecule has 0 aromatic heterocycles. The molecule has 0 fully saturated rings. The number of esters is 1. The molecular weight excluding hydrogens is 350 g/mol. The summed E-state index contributed by atoms with van der Waals surface area (Å²) in [5.74, 6) is -0.447. The number of hydrogen-bond donors (Lipinski definition) is 1. The summed E-state index contributed by atoms with van der Waals surface area (Å²) in [6.07, 6.45) is 0. The molecule has 4 heteroatoms. The highest BCUT2D eigenvalue weighted by Crippen LogP contribution is 2.34.